The second kappa shape index (κ2) is 8.86. The molecule has 2 aromatic heterocycles. The van der Waals surface area contributed by atoms with Gasteiger partial charge in [-0.1, -0.05) is 6.07 Å². The largest absolute Gasteiger partial charge is 0.419 e. The first-order valence-corrected chi connectivity index (χ1v) is 7.66. The van der Waals surface area contributed by atoms with Crippen LogP contribution in [0.25, 0.3) is 0 Å². The van der Waals surface area contributed by atoms with Gasteiger partial charge in [0.15, 0.2) is 5.96 Å². The molecule has 0 radical (unpaired) electrons. The van der Waals surface area contributed by atoms with E-state index in [1.807, 2.05) is 18.2 Å². The van der Waals surface area contributed by atoms with Crippen molar-refractivity contribution in [3.8, 4) is 0 Å². The van der Waals surface area contributed by atoms with E-state index in [0.717, 1.165) is 11.8 Å². The fourth-order valence-corrected chi connectivity index (χ4v) is 2.04. The zero-order chi connectivity index (χ0) is 18.1. The molecular formula is C16H19F3N6. The third kappa shape index (κ3) is 6.28. The molecule has 25 heavy (non-hydrogen) atoms. The minimum Gasteiger partial charge on any atom is -0.370 e. The van der Waals surface area contributed by atoms with E-state index in [4.69, 9.17) is 5.73 Å². The van der Waals surface area contributed by atoms with Gasteiger partial charge in [0.1, 0.15) is 5.82 Å². The van der Waals surface area contributed by atoms with Crippen LogP contribution in [-0.2, 0) is 12.6 Å². The Hall–Kier alpha value is -2.84. The van der Waals surface area contributed by atoms with Crippen LogP contribution in [0.4, 0.5) is 19.0 Å². The number of pyridine rings is 2. The highest BCUT2D eigenvalue weighted by Crippen LogP contribution is 2.33. The summed E-state index contributed by atoms with van der Waals surface area (Å²) in [7, 11) is 0. The predicted octanol–water partition coefficient (Wildman–Crippen LogP) is 2.05. The van der Waals surface area contributed by atoms with Gasteiger partial charge in [0.05, 0.1) is 5.56 Å². The van der Waals surface area contributed by atoms with E-state index in [9.17, 15) is 13.2 Å². The van der Waals surface area contributed by atoms with Crippen LogP contribution in [0.2, 0.25) is 0 Å². The van der Waals surface area contributed by atoms with Crippen LogP contribution >= 0.6 is 0 Å². The second-order valence-electron chi connectivity index (χ2n) is 5.09. The molecule has 0 aromatic carbocycles. The maximum atomic E-state index is 12.8. The zero-order valence-electron chi connectivity index (χ0n) is 13.4. The van der Waals surface area contributed by atoms with Gasteiger partial charge in [-0.25, -0.2) is 4.98 Å². The molecule has 2 aromatic rings. The lowest BCUT2D eigenvalue weighted by molar-refractivity contribution is -0.137. The van der Waals surface area contributed by atoms with Gasteiger partial charge in [0.2, 0.25) is 0 Å². The van der Waals surface area contributed by atoms with Gasteiger partial charge in [-0.2, -0.15) is 13.2 Å². The van der Waals surface area contributed by atoms with E-state index in [2.05, 4.69) is 25.6 Å². The van der Waals surface area contributed by atoms with E-state index in [0.29, 0.717) is 19.5 Å². The van der Waals surface area contributed by atoms with Gasteiger partial charge in [-0.3, -0.25) is 9.98 Å². The number of hydrogen-bond acceptors (Lipinski definition) is 4. The monoisotopic (exact) mass is 352 g/mol. The van der Waals surface area contributed by atoms with Crippen molar-refractivity contribution in [2.45, 2.75) is 12.6 Å². The molecule has 2 heterocycles. The highest BCUT2D eigenvalue weighted by atomic mass is 19.4. The van der Waals surface area contributed by atoms with E-state index >= 15 is 0 Å². The third-order valence-corrected chi connectivity index (χ3v) is 3.21. The van der Waals surface area contributed by atoms with Crippen LogP contribution in [0, 0.1) is 0 Å². The SMILES string of the molecule is NC(=NCCc1ccccn1)NCCNc1ncccc1C(F)(F)F. The quantitative estimate of drug-likeness (QED) is 0.403. The third-order valence-electron chi connectivity index (χ3n) is 3.21. The molecule has 9 heteroatoms. The summed E-state index contributed by atoms with van der Waals surface area (Å²) in [5.41, 5.74) is 5.83. The van der Waals surface area contributed by atoms with Crippen LogP contribution < -0.4 is 16.4 Å². The van der Waals surface area contributed by atoms with Gasteiger partial charge in [-0.05, 0) is 24.3 Å². The van der Waals surface area contributed by atoms with Gasteiger partial charge in [-0.15, -0.1) is 0 Å². The van der Waals surface area contributed by atoms with E-state index < -0.39 is 11.7 Å². The number of rotatable bonds is 7. The Bertz CT molecular complexity index is 688. The summed E-state index contributed by atoms with van der Waals surface area (Å²) in [5, 5.41) is 5.48. The number of guanidine groups is 1. The Kier molecular flexibility index (Phi) is 6.55. The maximum absolute atomic E-state index is 12.8. The number of aromatic nitrogens is 2. The van der Waals surface area contributed by atoms with Crippen LogP contribution in [-0.4, -0.2) is 35.6 Å². The van der Waals surface area contributed by atoms with Gasteiger partial charge in [0, 0.05) is 44.1 Å². The van der Waals surface area contributed by atoms with Crippen LogP contribution in [0.15, 0.2) is 47.7 Å². The molecule has 4 N–H and O–H groups in total. The average Bonchev–Trinajstić information content (AvgIpc) is 2.59. The molecule has 0 spiro atoms. The van der Waals surface area contributed by atoms with Crippen molar-refractivity contribution in [1.29, 1.82) is 0 Å². The standard InChI is InChI=1S/C16H19F3N6/c17-16(18,19)13-5-3-8-22-14(13)23-10-11-25-15(20)24-9-6-12-4-1-2-7-21-12/h1-5,7-8H,6,9-11H2,(H,22,23)(H3,20,24,25). The van der Waals surface area contributed by atoms with Crippen molar-refractivity contribution in [2.75, 3.05) is 25.0 Å². The van der Waals surface area contributed by atoms with E-state index in [-0.39, 0.29) is 18.3 Å². The molecule has 0 aliphatic carbocycles. The number of alkyl halides is 3. The Labute approximate surface area is 143 Å². The number of aliphatic imine (C=N–C) groups is 1. The summed E-state index contributed by atoms with van der Waals surface area (Å²) < 4.78 is 38.5. The first kappa shape index (κ1) is 18.5. The van der Waals surface area contributed by atoms with Crippen LogP contribution in [0.5, 0.6) is 0 Å². The lowest BCUT2D eigenvalue weighted by atomic mass is 10.2. The summed E-state index contributed by atoms with van der Waals surface area (Å²) in [6.45, 7) is 1.01. The summed E-state index contributed by atoms with van der Waals surface area (Å²) in [5.74, 6) is 0.0252. The van der Waals surface area contributed by atoms with Crippen molar-refractivity contribution in [3.63, 3.8) is 0 Å². The maximum Gasteiger partial charge on any atom is 0.419 e. The fraction of sp³-hybridized carbons (Fsp3) is 0.312. The lowest BCUT2D eigenvalue weighted by Gasteiger charge is -2.13. The number of halogens is 3. The van der Waals surface area contributed by atoms with Gasteiger partial charge in [0.25, 0.3) is 0 Å². The first-order valence-electron chi connectivity index (χ1n) is 7.66. The number of anilines is 1. The van der Waals surface area contributed by atoms with Crippen molar-refractivity contribution < 1.29 is 13.2 Å². The molecular weight excluding hydrogens is 333 g/mol. The Morgan fingerprint density at radius 3 is 2.60 bits per heavy atom. The molecule has 0 saturated carbocycles. The van der Waals surface area contributed by atoms with Crippen LogP contribution in [0.3, 0.4) is 0 Å². The highest BCUT2D eigenvalue weighted by molar-refractivity contribution is 5.77. The fourth-order valence-electron chi connectivity index (χ4n) is 2.04. The zero-order valence-corrected chi connectivity index (χ0v) is 13.4. The Morgan fingerprint density at radius 2 is 1.88 bits per heavy atom. The average molecular weight is 352 g/mol. The molecule has 0 aliphatic heterocycles. The minimum absolute atomic E-state index is 0.206. The van der Waals surface area contributed by atoms with Crippen molar-refractivity contribution in [1.82, 2.24) is 15.3 Å². The molecule has 134 valence electrons. The number of nitrogens with zero attached hydrogens (tertiary/aromatic N) is 3. The normalized spacial score (nSPS) is 12.0. The summed E-state index contributed by atoms with van der Waals surface area (Å²) in [6, 6.07) is 7.86. The van der Waals surface area contributed by atoms with Crippen molar-refractivity contribution >= 4 is 11.8 Å². The summed E-state index contributed by atoms with van der Waals surface area (Å²) >= 11 is 0. The second-order valence-corrected chi connectivity index (χ2v) is 5.09. The molecule has 6 nitrogen and oxygen atoms in total. The number of nitrogens with one attached hydrogen (secondary N) is 2. The lowest BCUT2D eigenvalue weighted by Crippen LogP contribution is -2.35. The van der Waals surface area contributed by atoms with E-state index in [1.54, 1.807) is 6.20 Å². The Morgan fingerprint density at radius 1 is 1.08 bits per heavy atom. The van der Waals surface area contributed by atoms with E-state index in [1.165, 1.54) is 12.3 Å². The molecule has 0 atom stereocenters. The smallest absolute Gasteiger partial charge is 0.370 e. The predicted molar refractivity (Wildman–Crippen MR) is 90.2 cm³/mol. The highest BCUT2D eigenvalue weighted by Gasteiger charge is 2.33. The molecule has 0 aliphatic rings. The van der Waals surface area contributed by atoms with Crippen LogP contribution in [0.1, 0.15) is 11.3 Å². The molecule has 0 saturated heterocycles. The van der Waals surface area contributed by atoms with Gasteiger partial charge >= 0.3 is 6.18 Å². The summed E-state index contributed by atoms with van der Waals surface area (Å²) in [6.07, 6.45) is -0.780. The molecule has 2 rings (SSSR count). The molecule has 0 unspecified atom stereocenters. The number of nitrogens with two attached hydrogens (primary N) is 1. The molecule has 0 fully saturated rings. The Balaban J connectivity index is 1.73. The van der Waals surface area contributed by atoms with Crippen molar-refractivity contribution in [2.24, 2.45) is 10.7 Å². The van der Waals surface area contributed by atoms with Crippen molar-refractivity contribution in [3.05, 3.63) is 54.0 Å². The number of hydrogen-bond donors (Lipinski definition) is 3. The topological polar surface area (TPSA) is 88.2 Å². The molecule has 0 bridgehead atoms. The van der Waals surface area contributed by atoms with Gasteiger partial charge < -0.3 is 16.4 Å². The first-order chi connectivity index (χ1) is 12.0. The summed E-state index contributed by atoms with van der Waals surface area (Å²) in [4.78, 5) is 12.0. The molecule has 0 amide bonds. The minimum atomic E-state index is -4.45.